The van der Waals surface area contributed by atoms with Gasteiger partial charge in [0.05, 0.1) is 16.8 Å². The lowest BCUT2D eigenvalue weighted by Crippen LogP contribution is -2.29. The molecule has 32 heavy (non-hydrogen) atoms. The molecule has 4 aromatic rings. The van der Waals surface area contributed by atoms with Crippen molar-refractivity contribution in [1.82, 2.24) is 30.0 Å². The summed E-state index contributed by atoms with van der Waals surface area (Å²) in [5, 5.41) is 13.6. The number of unbranched alkanes of at least 4 members (excludes halogenated alkanes) is 1. The molecule has 0 aliphatic carbocycles. The number of nitrogens with zero attached hydrogens (tertiary/aromatic N) is 6. The molecule has 2 aromatic carbocycles. The maximum absolute atomic E-state index is 12.9. The number of amides is 1. The zero-order valence-electron chi connectivity index (χ0n) is 17.9. The van der Waals surface area contributed by atoms with Crippen LogP contribution in [0, 0.1) is 0 Å². The molecule has 0 fully saturated rings. The fraction of sp³-hybridized carbons (Fsp3) is 0.217. The van der Waals surface area contributed by atoms with Gasteiger partial charge in [0, 0.05) is 11.9 Å². The van der Waals surface area contributed by atoms with E-state index in [1.165, 1.54) is 11.0 Å². The molecular weight excluding hydrogens is 406 g/mol. The van der Waals surface area contributed by atoms with Crippen molar-refractivity contribution >= 4 is 22.4 Å². The molecule has 0 saturated heterocycles. The third kappa shape index (κ3) is 4.31. The van der Waals surface area contributed by atoms with Gasteiger partial charge in [-0.25, -0.2) is 19.8 Å². The lowest BCUT2D eigenvalue weighted by molar-refractivity contribution is 0.0949. The van der Waals surface area contributed by atoms with Crippen molar-refractivity contribution in [3.8, 4) is 5.69 Å². The molecular formula is C23H23N7O2. The first kappa shape index (κ1) is 21.1. The van der Waals surface area contributed by atoms with Crippen molar-refractivity contribution in [1.29, 1.82) is 0 Å². The maximum Gasteiger partial charge on any atom is 0.292 e. The van der Waals surface area contributed by atoms with Crippen LogP contribution in [0.1, 0.15) is 42.7 Å². The van der Waals surface area contributed by atoms with Gasteiger partial charge >= 0.3 is 0 Å². The first-order valence-corrected chi connectivity index (χ1v) is 10.4. The molecule has 0 unspecified atom stereocenters. The lowest BCUT2D eigenvalue weighted by Gasteiger charge is -2.10. The number of fused-ring (bicyclic) bond motifs is 1. The molecule has 1 amide bonds. The standard InChI is InChI=1S/C23H23N7O2/c1-3-4-13-29-23(32)20-8-6-5-7-19(20)21(28-29)22(31)27-26-16(2)17-9-11-18(12-10-17)30-15-24-14-25-30/h5-12,14-15H,3-4,13H2,1-2H3,(H,27,31)/b26-16+. The van der Waals surface area contributed by atoms with Crippen LogP contribution in [-0.4, -0.2) is 36.2 Å². The highest BCUT2D eigenvalue weighted by atomic mass is 16.2. The Labute approximate surface area is 184 Å². The van der Waals surface area contributed by atoms with E-state index < -0.39 is 5.91 Å². The molecule has 9 heteroatoms. The minimum Gasteiger partial charge on any atom is -0.267 e. The van der Waals surface area contributed by atoms with Crippen LogP contribution in [0.4, 0.5) is 0 Å². The molecule has 0 bridgehead atoms. The second-order valence-corrected chi connectivity index (χ2v) is 7.30. The van der Waals surface area contributed by atoms with E-state index in [1.54, 1.807) is 42.2 Å². The summed E-state index contributed by atoms with van der Waals surface area (Å²) in [6, 6.07) is 14.6. The number of hydrazone groups is 1. The molecule has 9 nitrogen and oxygen atoms in total. The Hall–Kier alpha value is -4.14. The van der Waals surface area contributed by atoms with Gasteiger partial charge in [0.1, 0.15) is 12.7 Å². The molecule has 0 aliphatic rings. The quantitative estimate of drug-likeness (QED) is 0.359. The number of carbonyl (C=O) groups is 1. The SMILES string of the molecule is CCCCn1nc(C(=O)N/N=C(\C)c2ccc(-n3cncn3)cc2)c2ccccc2c1=O. The Balaban J connectivity index is 1.59. The number of hydrogen-bond donors (Lipinski definition) is 1. The Kier molecular flexibility index (Phi) is 6.16. The molecule has 0 atom stereocenters. The summed E-state index contributed by atoms with van der Waals surface area (Å²) in [4.78, 5) is 29.6. The number of rotatable bonds is 7. The lowest BCUT2D eigenvalue weighted by atomic mass is 10.1. The van der Waals surface area contributed by atoms with Gasteiger partial charge in [0.2, 0.25) is 0 Å². The van der Waals surface area contributed by atoms with E-state index in [-0.39, 0.29) is 11.3 Å². The summed E-state index contributed by atoms with van der Waals surface area (Å²) < 4.78 is 3.02. The van der Waals surface area contributed by atoms with Crippen LogP contribution >= 0.6 is 0 Å². The van der Waals surface area contributed by atoms with E-state index in [0.29, 0.717) is 23.0 Å². The zero-order chi connectivity index (χ0) is 22.5. The zero-order valence-corrected chi connectivity index (χ0v) is 17.9. The van der Waals surface area contributed by atoms with Gasteiger partial charge in [-0.1, -0.05) is 43.7 Å². The van der Waals surface area contributed by atoms with Crippen LogP contribution in [0.2, 0.25) is 0 Å². The van der Waals surface area contributed by atoms with Crippen LogP contribution in [0.15, 0.2) is 71.1 Å². The first-order chi connectivity index (χ1) is 15.6. The Morgan fingerprint density at radius 1 is 1.09 bits per heavy atom. The number of benzene rings is 2. The predicted molar refractivity (Wildman–Crippen MR) is 122 cm³/mol. The molecule has 2 aromatic heterocycles. The Morgan fingerprint density at radius 3 is 2.53 bits per heavy atom. The molecule has 0 aliphatic heterocycles. The highest BCUT2D eigenvalue weighted by Gasteiger charge is 2.16. The number of aryl methyl sites for hydroxylation is 1. The van der Waals surface area contributed by atoms with Crippen molar-refractivity contribution in [3.05, 3.63) is 82.8 Å². The number of carbonyl (C=O) groups excluding carboxylic acids is 1. The van der Waals surface area contributed by atoms with Crippen LogP contribution < -0.4 is 11.0 Å². The van der Waals surface area contributed by atoms with E-state index in [4.69, 9.17) is 0 Å². The average Bonchev–Trinajstić information content (AvgIpc) is 3.37. The number of hydrogen-bond acceptors (Lipinski definition) is 6. The molecule has 4 rings (SSSR count). The second kappa shape index (κ2) is 9.34. The van der Waals surface area contributed by atoms with E-state index >= 15 is 0 Å². The van der Waals surface area contributed by atoms with Crippen molar-refractivity contribution in [2.45, 2.75) is 33.2 Å². The van der Waals surface area contributed by atoms with E-state index in [0.717, 1.165) is 24.1 Å². The fourth-order valence-electron chi connectivity index (χ4n) is 3.31. The van der Waals surface area contributed by atoms with E-state index in [2.05, 4.69) is 25.7 Å². The third-order valence-corrected chi connectivity index (χ3v) is 5.10. The summed E-state index contributed by atoms with van der Waals surface area (Å²) in [6.45, 7) is 4.30. The number of nitrogens with one attached hydrogen (secondary N) is 1. The van der Waals surface area contributed by atoms with Gasteiger partial charge in [0.15, 0.2) is 5.69 Å². The fourth-order valence-corrected chi connectivity index (χ4v) is 3.31. The van der Waals surface area contributed by atoms with Gasteiger partial charge in [-0.15, -0.1) is 0 Å². The smallest absolute Gasteiger partial charge is 0.267 e. The molecule has 0 spiro atoms. The largest absolute Gasteiger partial charge is 0.292 e. The average molecular weight is 429 g/mol. The topological polar surface area (TPSA) is 107 Å². The minimum atomic E-state index is -0.468. The molecule has 2 heterocycles. The number of aromatic nitrogens is 5. The molecule has 162 valence electrons. The van der Waals surface area contributed by atoms with Gasteiger partial charge in [0.25, 0.3) is 11.5 Å². The van der Waals surface area contributed by atoms with E-state index in [9.17, 15) is 9.59 Å². The van der Waals surface area contributed by atoms with Crippen LogP contribution in [0.25, 0.3) is 16.5 Å². The van der Waals surface area contributed by atoms with Crippen LogP contribution in [0.5, 0.6) is 0 Å². The van der Waals surface area contributed by atoms with Gasteiger partial charge in [-0.05, 0) is 37.1 Å². The maximum atomic E-state index is 12.9. The van der Waals surface area contributed by atoms with Gasteiger partial charge in [-0.2, -0.15) is 15.3 Å². The third-order valence-electron chi connectivity index (χ3n) is 5.10. The Bertz CT molecular complexity index is 1320. The predicted octanol–water partition coefficient (Wildman–Crippen LogP) is 2.93. The Morgan fingerprint density at radius 2 is 1.84 bits per heavy atom. The molecule has 1 N–H and O–H groups in total. The van der Waals surface area contributed by atoms with Gasteiger partial charge in [-0.3, -0.25) is 9.59 Å². The van der Waals surface area contributed by atoms with Crippen molar-refractivity contribution < 1.29 is 4.79 Å². The highest BCUT2D eigenvalue weighted by molar-refractivity contribution is 6.06. The van der Waals surface area contributed by atoms with Crippen molar-refractivity contribution in [2.24, 2.45) is 5.10 Å². The normalized spacial score (nSPS) is 11.6. The van der Waals surface area contributed by atoms with Crippen LogP contribution in [-0.2, 0) is 6.54 Å². The van der Waals surface area contributed by atoms with Crippen LogP contribution in [0.3, 0.4) is 0 Å². The van der Waals surface area contributed by atoms with Crippen molar-refractivity contribution in [3.63, 3.8) is 0 Å². The summed E-state index contributed by atoms with van der Waals surface area (Å²) in [6.07, 6.45) is 4.81. The second-order valence-electron chi connectivity index (χ2n) is 7.30. The molecule has 0 saturated carbocycles. The van der Waals surface area contributed by atoms with E-state index in [1.807, 2.05) is 31.2 Å². The summed E-state index contributed by atoms with van der Waals surface area (Å²) in [5.74, 6) is -0.468. The summed E-state index contributed by atoms with van der Waals surface area (Å²) >= 11 is 0. The minimum absolute atomic E-state index is 0.175. The highest BCUT2D eigenvalue weighted by Crippen LogP contribution is 2.14. The summed E-state index contributed by atoms with van der Waals surface area (Å²) in [7, 11) is 0. The first-order valence-electron chi connectivity index (χ1n) is 10.4. The van der Waals surface area contributed by atoms with Crippen molar-refractivity contribution in [2.75, 3.05) is 0 Å². The molecule has 0 radical (unpaired) electrons. The summed E-state index contributed by atoms with van der Waals surface area (Å²) in [5.41, 5.74) is 4.90. The van der Waals surface area contributed by atoms with Gasteiger partial charge < -0.3 is 0 Å². The monoisotopic (exact) mass is 429 g/mol.